The van der Waals surface area contributed by atoms with Crippen molar-refractivity contribution in [2.75, 3.05) is 13.7 Å². The van der Waals surface area contributed by atoms with Crippen molar-refractivity contribution in [3.05, 3.63) is 57.8 Å². The van der Waals surface area contributed by atoms with Gasteiger partial charge in [-0.1, -0.05) is 18.2 Å². The molecular weight excluding hydrogens is 242 g/mol. The molecule has 5 heteroatoms. The maximum Gasteiger partial charge on any atom is 0.251 e. The van der Waals surface area contributed by atoms with Crippen molar-refractivity contribution in [1.29, 1.82) is 0 Å². The molecule has 0 fully saturated rings. The van der Waals surface area contributed by atoms with Gasteiger partial charge < -0.3 is 15.0 Å². The number of hydrogen-bond acceptors (Lipinski definition) is 4. The molecule has 0 saturated heterocycles. The van der Waals surface area contributed by atoms with Crippen LogP contribution in [0, 0.1) is 0 Å². The third kappa shape index (κ3) is 2.24. The van der Waals surface area contributed by atoms with Crippen LogP contribution in [0.15, 0.2) is 35.1 Å². The van der Waals surface area contributed by atoms with E-state index >= 15 is 0 Å². The van der Waals surface area contributed by atoms with Gasteiger partial charge in [-0.25, -0.2) is 4.98 Å². The van der Waals surface area contributed by atoms with Crippen molar-refractivity contribution < 1.29 is 4.74 Å². The molecule has 2 aromatic rings. The molecule has 1 unspecified atom stereocenters. The second-order valence-corrected chi connectivity index (χ2v) is 4.55. The Morgan fingerprint density at radius 1 is 1.47 bits per heavy atom. The van der Waals surface area contributed by atoms with E-state index < -0.39 is 0 Å². The lowest BCUT2D eigenvalue weighted by Gasteiger charge is -2.09. The van der Waals surface area contributed by atoms with Crippen molar-refractivity contribution in [1.82, 2.24) is 15.3 Å². The number of H-pyrrole nitrogens is 1. The lowest BCUT2D eigenvalue weighted by Crippen LogP contribution is -2.19. The number of nitrogens with zero attached hydrogens (tertiary/aromatic N) is 1. The number of rotatable bonds is 3. The monoisotopic (exact) mass is 257 g/mol. The molecule has 0 aliphatic carbocycles. The Morgan fingerprint density at radius 3 is 3.16 bits per heavy atom. The molecule has 5 nitrogen and oxygen atoms in total. The molecule has 98 valence electrons. The zero-order valence-corrected chi connectivity index (χ0v) is 10.6. The zero-order valence-electron chi connectivity index (χ0n) is 10.6. The maximum atomic E-state index is 11.7. The van der Waals surface area contributed by atoms with Gasteiger partial charge in [0.25, 0.3) is 5.56 Å². The van der Waals surface area contributed by atoms with Crippen molar-refractivity contribution in [2.24, 2.45) is 0 Å². The van der Waals surface area contributed by atoms with Crippen LogP contribution in [0.4, 0.5) is 0 Å². The molecular formula is C14H15N3O2. The average Bonchev–Trinajstić information content (AvgIpc) is 2.82. The normalized spacial score (nSPS) is 17.0. The Hall–Kier alpha value is -2.14. The number of fused-ring (bicyclic) bond motifs is 1. The lowest BCUT2D eigenvalue weighted by molar-refractivity contribution is 0.339. The van der Waals surface area contributed by atoms with Crippen LogP contribution in [0.3, 0.4) is 0 Å². The highest BCUT2D eigenvalue weighted by molar-refractivity contribution is 5.42. The van der Waals surface area contributed by atoms with Gasteiger partial charge in [0.1, 0.15) is 18.2 Å². The second-order valence-electron chi connectivity index (χ2n) is 4.55. The van der Waals surface area contributed by atoms with Gasteiger partial charge in [-0.2, -0.15) is 0 Å². The second kappa shape index (κ2) is 4.85. The predicted octanol–water partition coefficient (Wildman–Crippen LogP) is 1.01. The number of aromatic amines is 1. The summed E-state index contributed by atoms with van der Waals surface area (Å²) in [5.41, 5.74) is 1.69. The summed E-state index contributed by atoms with van der Waals surface area (Å²) in [6.45, 7) is 1.09. The first-order valence-electron chi connectivity index (χ1n) is 6.24. The van der Waals surface area contributed by atoms with E-state index in [1.165, 1.54) is 6.07 Å². The van der Waals surface area contributed by atoms with E-state index in [1.807, 2.05) is 31.3 Å². The molecule has 3 rings (SSSR count). The van der Waals surface area contributed by atoms with Crippen LogP contribution in [0.2, 0.25) is 0 Å². The van der Waals surface area contributed by atoms with Crippen LogP contribution in [-0.2, 0) is 6.54 Å². The molecule has 2 heterocycles. The minimum Gasteiger partial charge on any atom is -0.492 e. The van der Waals surface area contributed by atoms with Crippen molar-refractivity contribution in [2.45, 2.75) is 12.5 Å². The van der Waals surface area contributed by atoms with Crippen LogP contribution in [0.5, 0.6) is 5.75 Å². The Balaban J connectivity index is 2.02. The summed E-state index contributed by atoms with van der Waals surface area (Å²) in [6.07, 6.45) is 0. The predicted molar refractivity (Wildman–Crippen MR) is 71.4 cm³/mol. The Labute approximate surface area is 110 Å². The van der Waals surface area contributed by atoms with E-state index in [9.17, 15) is 4.79 Å². The topological polar surface area (TPSA) is 67.0 Å². The highest BCUT2D eigenvalue weighted by Crippen LogP contribution is 2.35. The van der Waals surface area contributed by atoms with Crippen LogP contribution >= 0.6 is 0 Å². The Bertz CT molecular complexity index is 651. The molecule has 0 amide bonds. The molecule has 0 saturated carbocycles. The zero-order chi connectivity index (χ0) is 13.2. The van der Waals surface area contributed by atoms with Gasteiger partial charge in [0.05, 0.1) is 11.6 Å². The average molecular weight is 257 g/mol. The third-order valence-corrected chi connectivity index (χ3v) is 3.20. The first kappa shape index (κ1) is 11.9. The molecule has 1 aromatic heterocycles. The summed E-state index contributed by atoms with van der Waals surface area (Å²) in [4.78, 5) is 19.0. The maximum absolute atomic E-state index is 11.7. The summed E-state index contributed by atoms with van der Waals surface area (Å²) in [5, 5.41) is 3.00. The van der Waals surface area contributed by atoms with Crippen LogP contribution in [0.25, 0.3) is 0 Å². The van der Waals surface area contributed by atoms with Gasteiger partial charge in [-0.3, -0.25) is 4.79 Å². The third-order valence-electron chi connectivity index (χ3n) is 3.20. The van der Waals surface area contributed by atoms with E-state index in [0.29, 0.717) is 19.0 Å². The molecule has 1 aliphatic heterocycles. The fourth-order valence-corrected chi connectivity index (χ4v) is 2.35. The number of benzene rings is 1. The Kier molecular flexibility index (Phi) is 3.05. The molecule has 1 aliphatic rings. The van der Waals surface area contributed by atoms with Gasteiger partial charge in [-0.15, -0.1) is 0 Å². The smallest absolute Gasteiger partial charge is 0.251 e. The molecule has 2 N–H and O–H groups in total. The molecule has 19 heavy (non-hydrogen) atoms. The van der Waals surface area contributed by atoms with Gasteiger partial charge >= 0.3 is 0 Å². The molecule has 1 aromatic carbocycles. The largest absolute Gasteiger partial charge is 0.492 e. The van der Waals surface area contributed by atoms with Crippen molar-refractivity contribution in [3.63, 3.8) is 0 Å². The molecule has 0 radical (unpaired) electrons. The first-order valence-corrected chi connectivity index (χ1v) is 6.24. The van der Waals surface area contributed by atoms with Gasteiger partial charge in [-0.05, 0) is 13.1 Å². The summed E-state index contributed by atoms with van der Waals surface area (Å²) in [7, 11) is 1.83. The van der Waals surface area contributed by atoms with Gasteiger partial charge in [0.15, 0.2) is 0 Å². The van der Waals surface area contributed by atoms with E-state index in [0.717, 1.165) is 17.0 Å². The van der Waals surface area contributed by atoms with E-state index in [4.69, 9.17) is 4.74 Å². The van der Waals surface area contributed by atoms with Crippen LogP contribution in [-0.4, -0.2) is 23.6 Å². The van der Waals surface area contributed by atoms with Crippen molar-refractivity contribution >= 4 is 0 Å². The van der Waals surface area contributed by atoms with Crippen LogP contribution in [0.1, 0.15) is 23.0 Å². The number of aromatic nitrogens is 2. The molecule has 0 bridgehead atoms. The standard InChI is InChI=1S/C14H15N3O2/c1-15-7-9-6-13(18)17-14(16-9)11-8-19-12-5-3-2-4-10(11)12/h2-6,11,15H,7-8H2,1H3,(H,16,17,18). The summed E-state index contributed by atoms with van der Waals surface area (Å²) in [6, 6.07) is 9.37. The van der Waals surface area contributed by atoms with Gasteiger partial charge in [0, 0.05) is 18.2 Å². The minimum atomic E-state index is -0.125. The SMILES string of the molecule is CNCc1cc(=O)[nH]c(C2COc3ccccc32)n1. The van der Waals surface area contributed by atoms with E-state index in [1.54, 1.807) is 0 Å². The quantitative estimate of drug-likeness (QED) is 0.861. The number of ether oxygens (including phenoxy) is 1. The molecule has 1 atom stereocenters. The van der Waals surface area contributed by atoms with Gasteiger partial charge in [0.2, 0.25) is 0 Å². The number of para-hydroxylation sites is 1. The van der Waals surface area contributed by atoms with E-state index in [2.05, 4.69) is 15.3 Å². The minimum absolute atomic E-state index is 0.000654. The highest BCUT2D eigenvalue weighted by atomic mass is 16.5. The fourth-order valence-electron chi connectivity index (χ4n) is 2.35. The molecule has 0 spiro atoms. The summed E-state index contributed by atoms with van der Waals surface area (Å²) in [5.74, 6) is 1.54. The lowest BCUT2D eigenvalue weighted by atomic mass is 10.0. The first-order chi connectivity index (χ1) is 9.28. The number of hydrogen-bond donors (Lipinski definition) is 2. The van der Waals surface area contributed by atoms with Crippen molar-refractivity contribution in [3.8, 4) is 5.75 Å². The van der Waals surface area contributed by atoms with Crippen LogP contribution < -0.4 is 15.6 Å². The Morgan fingerprint density at radius 2 is 2.32 bits per heavy atom. The fraction of sp³-hybridized carbons (Fsp3) is 0.286. The summed E-state index contributed by atoms with van der Waals surface area (Å²) >= 11 is 0. The number of nitrogens with one attached hydrogen (secondary N) is 2. The summed E-state index contributed by atoms with van der Waals surface area (Å²) < 4.78 is 5.63. The highest BCUT2D eigenvalue weighted by Gasteiger charge is 2.27. The van der Waals surface area contributed by atoms with E-state index in [-0.39, 0.29) is 11.5 Å².